The van der Waals surface area contributed by atoms with E-state index >= 15 is 0 Å². The first-order valence-corrected chi connectivity index (χ1v) is 6.20. The molecule has 0 aromatic heterocycles. The number of phenolic OH excluding ortho intramolecular Hbond substituents is 1. The Kier molecular flexibility index (Phi) is 4.23. The minimum atomic E-state index is 0.0537. The molecule has 2 N–H and O–H groups in total. The van der Waals surface area contributed by atoms with Crippen LogP contribution in [0.4, 0.5) is 0 Å². The summed E-state index contributed by atoms with van der Waals surface area (Å²) in [5, 5.41) is 13.4. The zero-order valence-electron chi connectivity index (χ0n) is 10.7. The summed E-state index contributed by atoms with van der Waals surface area (Å²) in [5.41, 5.74) is 0.882. The van der Waals surface area contributed by atoms with Crippen LogP contribution in [0.2, 0.25) is 0 Å². The molecule has 0 amide bonds. The van der Waals surface area contributed by atoms with E-state index in [0.29, 0.717) is 5.75 Å². The van der Waals surface area contributed by atoms with Crippen LogP contribution in [0.3, 0.4) is 0 Å². The molecule has 1 aliphatic rings. The molecule has 1 atom stereocenters. The van der Waals surface area contributed by atoms with E-state index in [-0.39, 0.29) is 11.8 Å². The van der Waals surface area contributed by atoms with Crippen LogP contribution < -0.4 is 10.1 Å². The lowest BCUT2D eigenvalue weighted by atomic mass is 10.0. The lowest BCUT2D eigenvalue weighted by molar-refractivity contribution is 0.201. The predicted octanol–water partition coefficient (Wildman–Crippen LogP) is 1.53. The summed E-state index contributed by atoms with van der Waals surface area (Å²) in [4.78, 5) is 2.31. The number of nitrogens with one attached hydrogen (secondary N) is 1. The molecular weight excluding hydrogens is 228 g/mol. The summed E-state index contributed by atoms with van der Waals surface area (Å²) in [6.07, 6.45) is 1.88. The second kappa shape index (κ2) is 5.89. The fourth-order valence-electron chi connectivity index (χ4n) is 2.33. The van der Waals surface area contributed by atoms with Gasteiger partial charge in [-0.1, -0.05) is 6.08 Å². The molecule has 1 saturated heterocycles. The second-order valence-corrected chi connectivity index (χ2v) is 4.39. The van der Waals surface area contributed by atoms with Gasteiger partial charge >= 0.3 is 0 Å². The van der Waals surface area contributed by atoms with Crippen LogP contribution >= 0.6 is 0 Å². The zero-order valence-corrected chi connectivity index (χ0v) is 10.7. The van der Waals surface area contributed by atoms with Gasteiger partial charge in [0.05, 0.1) is 13.2 Å². The van der Waals surface area contributed by atoms with Crippen molar-refractivity contribution in [1.29, 1.82) is 0 Å². The Hall–Kier alpha value is -1.52. The molecule has 1 fully saturated rings. The number of piperazine rings is 1. The van der Waals surface area contributed by atoms with Gasteiger partial charge in [0.25, 0.3) is 0 Å². The molecular formula is C14H20N2O2. The summed E-state index contributed by atoms with van der Waals surface area (Å²) >= 11 is 0. The minimum absolute atomic E-state index is 0.0537. The number of methoxy groups -OCH3 is 1. The first kappa shape index (κ1) is 12.9. The molecule has 1 heterocycles. The van der Waals surface area contributed by atoms with Crippen LogP contribution in [0.15, 0.2) is 30.9 Å². The minimum Gasteiger partial charge on any atom is -0.507 e. The van der Waals surface area contributed by atoms with Crippen molar-refractivity contribution in [1.82, 2.24) is 10.2 Å². The lowest BCUT2D eigenvalue weighted by Crippen LogP contribution is -2.44. The van der Waals surface area contributed by atoms with Gasteiger partial charge in [0.15, 0.2) is 0 Å². The van der Waals surface area contributed by atoms with Crippen molar-refractivity contribution in [2.24, 2.45) is 0 Å². The van der Waals surface area contributed by atoms with Crippen molar-refractivity contribution in [2.45, 2.75) is 6.04 Å². The Labute approximate surface area is 108 Å². The third-order valence-corrected chi connectivity index (χ3v) is 3.32. The fourth-order valence-corrected chi connectivity index (χ4v) is 2.33. The normalized spacial score (nSPS) is 18.3. The first-order chi connectivity index (χ1) is 8.76. The number of ether oxygens (including phenoxy) is 1. The van der Waals surface area contributed by atoms with E-state index in [9.17, 15) is 5.11 Å². The van der Waals surface area contributed by atoms with Gasteiger partial charge in [-0.2, -0.15) is 0 Å². The number of aromatic hydroxyl groups is 1. The second-order valence-electron chi connectivity index (χ2n) is 4.39. The van der Waals surface area contributed by atoms with Gasteiger partial charge in [0.1, 0.15) is 11.5 Å². The van der Waals surface area contributed by atoms with Gasteiger partial charge in [-0.05, 0) is 12.1 Å². The third-order valence-electron chi connectivity index (χ3n) is 3.32. The van der Waals surface area contributed by atoms with Gasteiger partial charge in [-0.15, -0.1) is 6.58 Å². The molecule has 98 valence electrons. The molecule has 0 radical (unpaired) electrons. The number of phenols is 1. The maximum absolute atomic E-state index is 10.1. The Bertz CT molecular complexity index is 414. The molecule has 1 aromatic carbocycles. The van der Waals surface area contributed by atoms with E-state index in [1.54, 1.807) is 13.2 Å². The quantitative estimate of drug-likeness (QED) is 0.793. The van der Waals surface area contributed by atoms with Crippen molar-refractivity contribution in [3.05, 3.63) is 36.4 Å². The van der Waals surface area contributed by atoms with Gasteiger partial charge in [-0.3, -0.25) is 4.90 Å². The molecule has 2 rings (SSSR count). The molecule has 0 bridgehead atoms. The number of rotatable bonds is 4. The van der Waals surface area contributed by atoms with Crippen LogP contribution in [0.5, 0.6) is 11.5 Å². The van der Waals surface area contributed by atoms with E-state index in [0.717, 1.165) is 31.7 Å². The molecule has 0 saturated carbocycles. The van der Waals surface area contributed by atoms with Crippen molar-refractivity contribution in [2.75, 3.05) is 33.3 Å². The topological polar surface area (TPSA) is 44.7 Å². The fraction of sp³-hybridized carbons (Fsp3) is 0.429. The summed E-state index contributed by atoms with van der Waals surface area (Å²) < 4.78 is 5.10. The van der Waals surface area contributed by atoms with Crippen molar-refractivity contribution >= 4 is 0 Å². The number of benzene rings is 1. The Morgan fingerprint density at radius 2 is 2.17 bits per heavy atom. The highest BCUT2D eigenvalue weighted by Crippen LogP contribution is 2.32. The van der Waals surface area contributed by atoms with Gasteiger partial charge < -0.3 is 15.2 Å². The standard InChI is InChI=1S/C14H20N2O2/c1-3-13(16-8-6-15-7-9-16)12-5-4-11(18-2)10-14(12)17/h3-5,10,13,15,17H,1,6-9H2,2H3/t13-/m1/s1. The van der Waals surface area contributed by atoms with Gasteiger partial charge in [0, 0.05) is 37.8 Å². The van der Waals surface area contributed by atoms with E-state index in [1.807, 2.05) is 18.2 Å². The first-order valence-electron chi connectivity index (χ1n) is 6.20. The maximum Gasteiger partial charge on any atom is 0.124 e. The van der Waals surface area contributed by atoms with Crippen LogP contribution in [0, 0.1) is 0 Å². The molecule has 18 heavy (non-hydrogen) atoms. The summed E-state index contributed by atoms with van der Waals surface area (Å²) in [6, 6.07) is 5.47. The number of hydrogen-bond acceptors (Lipinski definition) is 4. The maximum atomic E-state index is 10.1. The van der Waals surface area contributed by atoms with Gasteiger partial charge in [-0.25, -0.2) is 0 Å². The monoisotopic (exact) mass is 248 g/mol. The average molecular weight is 248 g/mol. The molecule has 4 heteroatoms. The number of hydrogen-bond donors (Lipinski definition) is 2. The molecule has 1 aliphatic heterocycles. The highest BCUT2D eigenvalue weighted by molar-refractivity contribution is 5.42. The van der Waals surface area contributed by atoms with Crippen LogP contribution in [-0.2, 0) is 0 Å². The predicted molar refractivity (Wildman–Crippen MR) is 72.0 cm³/mol. The van der Waals surface area contributed by atoms with Crippen molar-refractivity contribution in [3.63, 3.8) is 0 Å². The van der Waals surface area contributed by atoms with E-state index in [4.69, 9.17) is 4.74 Å². The molecule has 0 aliphatic carbocycles. The SMILES string of the molecule is C=C[C@H](c1ccc(OC)cc1O)N1CCNCC1. The summed E-state index contributed by atoms with van der Waals surface area (Å²) in [5.74, 6) is 0.928. The zero-order chi connectivity index (χ0) is 13.0. The molecule has 4 nitrogen and oxygen atoms in total. The summed E-state index contributed by atoms with van der Waals surface area (Å²) in [6.45, 7) is 7.76. The number of nitrogens with zero attached hydrogens (tertiary/aromatic N) is 1. The smallest absolute Gasteiger partial charge is 0.124 e. The Morgan fingerprint density at radius 3 is 2.72 bits per heavy atom. The lowest BCUT2D eigenvalue weighted by Gasteiger charge is -2.33. The molecule has 0 unspecified atom stereocenters. The highest BCUT2D eigenvalue weighted by atomic mass is 16.5. The average Bonchev–Trinajstić information content (AvgIpc) is 2.42. The van der Waals surface area contributed by atoms with Crippen LogP contribution in [0.1, 0.15) is 11.6 Å². The molecule has 1 aromatic rings. The third kappa shape index (κ3) is 2.66. The molecule has 0 spiro atoms. The Morgan fingerprint density at radius 1 is 1.44 bits per heavy atom. The van der Waals surface area contributed by atoms with E-state index < -0.39 is 0 Å². The van der Waals surface area contributed by atoms with E-state index in [2.05, 4.69) is 16.8 Å². The summed E-state index contributed by atoms with van der Waals surface area (Å²) in [7, 11) is 1.59. The van der Waals surface area contributed by atoms with Crippen LogP contribution in [0.25, 0.3) is 0 Å². The van der Waals surface area contributed by atoms with Crippen molar-refractivity contribution in [3.8, 4) is 11.5 Å². The highest BCUT2D eigenvalue weighted by Gasteiger charge is 2.21. The van der Waals surface area contributed by atoms with Crippen LogP contribution in [-0.4, -0.2) is 43.3 Å². The van der Waals surface area contributed by atoms with E-state index in [1.165, 1.54) is 0 Å². The van der Waals surface area contributed by atoms with Gasteiger partial charge in [0.2, 0.25) is 0 Å². The largest absolute Gasteiger partial charge is 0.507 e. The Balaban J connectivity index is 2.23. The van der Waals surface area contributed by atoms with Crippen molar-refractivity contribution < 1.29 is 9.84 Å².